The fourth-order valence-corrected chi connectivity index (χ4v) is 4.03. The summed E-state index contributed by atoms with van der Waals surface area (Å²) < 4.78 is 24.6. The first-order chi connectivity index (χ1) is 12.7. The first kappa shape index (κ1) is 19.0. The highest BCUT2D eigenvalue weighted by Crippen LogP contribution is 2.28. The summed E-state index contributed by atoms with van der Waals surface area (Å²) in [5, 5.41) is 12.0. The van der Waals surface area contributed by atoms with Crippen LogP contribution in [0.25, 0.3) is 10.4 Å². The van der Waals surface area contributed by atoms with Crippen LogP contribution in [0.5, 0.6) is 0 Å². The van der Waals surface area contributed by atoms with Crippen LogP contribution in [0.1, 0.15) is 27.9 Å². The molecule has 0 aliphatic heterocycles. The Morgan fingerprint density at radius 2 is 2.15 bits per heavy atom. The Kier molecular flexibility index (Phi) is 4.96. The maximum absolute atomic E-state index is 12.7. The highest BCUT2D eigenvalue weighted by atomic mass is 32.2. The van der Waals surface area contributed by atoms with Gasteiger partial charge in [0.05, 0.1) is 28.0 Å². The number of allylic oxidation sites excluding steroid dienone is 3. The van der Waals surface area contributed by atoms with Crippen molar-refractivity contribution < 1.29 is 13.2 Å². The molecule has 3 heterocycles. The second kappa shape index (κ2) is 7.06. The quantitative estimate of drug-likeness (QED) is 0.635. The Labute approximate surface area is 160 Å². The maximum Gasteiger partial charge on any atom is 0.260 e. The minimum atomic E-state index is -3.92. The third-order valence-corrected chi connectivity index (χ3v) is 5.94. The Morgan fingerprint density at radius 1 is 1.41 bits per heavy atom. The van der Waals surface area contributed by atoms with Crippen LogP contribution in [0.15, 0.2) is 48.3 Å². The molecule has 8 nitrogen and oxygen atoms in total. The number of nitrogens with two attached hydrogens (primary N) is 1. The van der Waals surface area contributed by atoms with Gasteiger partial charge in [-0.1, -0.05) is 18.7 Å². The lowest BCUT2D eigenvalue weighted by atomic mass is 10.2. The van der Waals surface area contributed by atoms with Crippen LogP contribution in [0.3, 0.4) is 0 Å². The lowest BCUT2D eigenvalue weighted by Crippen LogP contribution is -2.16. The summed E-state index contributed by atoms with van der Waals surface area (Å²) in [5.74, 6) is -0.421. The van der Waals surface area contributed by atoms with Crippen molar-refractivity contribution in [3.63, 3.8) is 0 Å². The van der Waals surface area contributed by atoms with E-state index in [4.69, 9.17) is 5.14 Å². The van der Waals surface area contributed by atoms with Crippen molar-refractivity contribution in [3.8, 4) is 0 Å². The molecule has 0 bridgehead atoms. The SMILES string of the molecule is C=C/C(=C\C)c1cn2ncc(C(=O)Nc3cc(S(N)(=O)=O)cnc3C)c2s1. The Morgan fingerprint density at radius 3 is 2.78 bits per heavy atom. The lowest BCUT2D eigenvalue weighted by Gasteiger charge is -2.08. The Hall–Kier alpha value is -2.82. The van der Waals surface area contributed by atoms with Gasteiger partial charge in [-0.05, 0) is 25.5 Å². The summed E-state index contributed by atoms with van der Waals surface area (Å²) in [6.45, 7) is 7.34. The van der Waals surface area contributed by atoms with Gasteiger partial charge in [-0.2, -0.15) is 5.10 Å². The fraction of sp³-hybridized carbons (Fsp3) is 0.118. The number of carbonyl (C=O) groups excluding carboxylic acids is 1. The molecule has 0 spiro atoms. The summed E-state index contributed by atoms with van der Waals surface area (Å²) >= 11 is 1.41. The van der Waals surface area contributed by atoms with E-state index in [1.54, 1.807) is 17.5 Å². The lowest BCUT2D eigenvalue weighted by molar-refractivity contribution is 0.102. The number of aromatic nitrogens is 3. The predicted molar refractivity (Wildman–Crippen MR) is 105 cm³/mol. The van der Waals surface area contributed by atoms with Crippen LogP contribution in [-0.2, 0) is 10.0 Å². The number of amides is 1. The van der Waals surface area contributed by atoms with Crippen LogP contribution in [0, 0.1) is 6.92 Å². The van der Waals surface area contributed by atoms with E-state index in [1.165, 1.54) is 23.6 Å². The van der Waals surface area contributed by atoms with E-state index < -0.39 is 15.9 Å². The minimum Gasteiger partial charge on any atom is -0.320 e. The molecule has 0 atom stereocenters. The summed E-state index contributed by atoms with van der Waals surface area (Å²) in [7, 11) is -3.92. The molecule has 3 aromatic rings. The van der Waals surface area contributed by atoms with Crippen molar-refractivity contribution in [3.05, 3.63) is 59.5 Å². The Balaban J connectivity index is 1.97. The van der Waals surface area contributed by atoms with Crippen molar-refractivity contribution in [2.75, 3.05) is 5.32 Å². The van der Waals surface area contributed by atoms with Gasteiger partial charge >= 0.3 is 0 Å². The monoisotopic (exact) mass is 403 g/mol. The second-order valence-corrected chi connectivity index (χ2v) is 8.25. The summed E-state index contributed by atoms with van der Waals surface area (Å²) in [6, 6.07) is 1.28. The number of carbonyl (C=O) groups is 1. The molecule has 0 radical (unpaired) electrons. The number of fused-ring (bicyclic) bond motifs is 1. The zero-order chi connectivity index (χ0) is 19.8. The molecule has 0 unspecified atom stereocenters. The van der Waals surface area contributed by atoms with Gasteiger partial charge in [0.2, 0.25) is 10.0 Å². The zero-order valence-electron chi connectivity index (χ0n) is 14.6. The highest BCUT2D eigenvalue weighted by molar-refractivity contribution is 7.89. The second-order valence-electron chi connectivity index (χ2n) is 5.65. The van der Waals surface area contributed by atoms with Crippen LogP contribution in [0.4, 0.5) is 5.69 Å². The molecule has 1 amide bonds. The smallest absolute Gasteiger partial charge is 0.260 e. The molecule has 0 aromatic carbocycles. The molecule has 3 N–H and O–H groups in total. The van der Waals surface area contributed by atoms with E-state index in [1.807, 2.05) is 19.2 Å². The van der Waals surface area contributed by atoms with Gasteiger partial charge in [-0.15, -0.1) is 11.3 Å². The summed E-state index contributed by atoms with van der Waals surface area (Å²) in [4.78, 5) is 18.1. The first-order valence-electron chi connectivity index (χ1n) is 7.81. The van der Waals surface area contributed by atoms with Crippen molar-refractivity contribution in [1.82, 2.24) is 14.6 Å². The number of pyridine rings is 1. The van der Waals surface area contributed by atoms with Crippen molar-refractivity contribution >= 4 is 43.4 Å². The average Bonchev–Trinajstić information content (AvgIpc) is 3.17. The van der Waals surface area contributed by atoms with Crippen molar-refractivity contribution in [2.45, 2.75) is 18.7 Å². The molecule has 140 valence electrons. The molecule has 0 saturated heterocycles. The van der Waals surface area contributed by atoms with Crippen LogP contribution >= 0.6 is 11.3 Å². The van der Waals surface area contributed by atoms with Gasteiger partial charge in [-0.3, -0.25) is 9.78 Å². The highest BCUT2D eigenvalue weighted by Gasteiger charge is 2.18. The number of thiazole rings is 1. The zero-order valence-corrected chi connectivity index (χ0v) is 16.3. The van der Waals surface area contributed by atoms with E-state index in [-0.39, 0.29) is 10.6 Å². The third kappa shape index (κ3) is 3.68. The number of anilines is 1. The van der Waals surface area contributed by atoms with E-state index in [0.717, 1.165) is 16.6 Å². The van der Waals surface area contributed by atoms with Crippen molar-refractivity contribution in [1.29, 1.82) is 0 Å². The first-order valence-corrected chi connectivity index (χ1v) is 10.2. The molecule has 27 heavy (non-hydrogen) atoms. The van der Waals surface area contributed by atoms with Gasteiger partial charge in [0, 0.05) is 12.4 Å². The van der Waals surface area contributed by atoms with Gasteiger partial charge in [0.15, 0.2) is 0 Å². The molecule has 0 aliphatic carbocycles. The largest absolute Gasteiger partial charge is 0.320 e. The van der Waals surface area contributed by atoms with Gasteiger partial charge in [0.1, 0.15) is 9.73 Å². The van der Waals surface area contributed by atoms with Gasteiger partial charge in [-0.25, -0.2) is 18.1 Å². The van der Waals surface area contributed by atoms with Crippen LogP contribution in [0.2, 0.25) is 0 Å². The Bertz CT molecular complexity index is 1190. The van der Waals surface area contributed by atoms with Gasteiger partial charge in [0.25, 0.3) is 5.91 Å². The molecular weight excluding hydrogens is 386 g/mol. The maximum atomic E-state index is 12.7. The van der Waals surface area contributed by atoms with E-state index >= 15 is 0 Å². The molecule has 10 heteroatoms. The number of rotatable bonds is 5. The average molecular weight is 403 g/mol. The molecule has 3 aromatic heterocycles. The molecule has 0 saturated carbocycles. The van der Waals surface area contributed by atoms with Crippen LogP contribution < -0.4 is 10.5 Å². The number of nitrogens with one attached hydrogen (secondary N) is 1. The topological polar surface area (TPSA) is 119 Å². The number of hydrogen-bond donors (Lipinski definition) is 2. The molecule has 0 fully saturated rings. The number of hydrogen-bond acceptors (Lipinski definition) is 6. The molecule has 3 rings (SSSR count). The number of aryl methyl sites for hydroxylation is 1. The van der Waals surface area contributed by atoms with E-state index in [2.05, 4.69) is 22.0 Å². The van der Waals surface area contributed by atoms with E-state index in [0.29, 0.717) is 16.1 Å². The third-order valence-electron chi connectivity index (χ3n) is 3.89. The summed E-state index contributed by atoms with van der Waals surface area (Å²) in [5.41, 5.74) is 2.04. The minimum absolute atomic E-state index is 0.175. The number of sulfonamides is 1. The predicted octanol–water partition coefficient (Wildman–Crippen LogP) is 2.59. The van der Waals surface area contributed by atoms with Gasteiger partial charge < -0.3 is 5.32 Å². The number of nitrogens with zero attached hydrogens (tertiary/aromatic N) is 3. The normalized spacial score (nSPS) is 12.3. The molecule has 0 aliphatic rings. The number of primary sulfonamides is 1. The summed E-state index contributed by atoms with van der Waals surface area (Å²) in [6.07, 6.45) is 8.09. The van der Waals surface area contributed by atoms with Crippen molar-refractivity contribution in [2.24, 2.45) is 5.14 Å². The molecular formula is C17H17N5O3S2. The van der Waals surface area contributed by atoms with Crippen LogP contribution in [-0.4, -0.2) is 28.9 Å². The van der Waals surface area contributed by atoms with E-state index in [9.17, 15) is 13.2 Å². The standard InChI is InChI=1S/C17H17N5O3S2/c1-4-11(5-2)15-9-22-17(26-15)13(8-20-22)16(23)21-14-6-12(27(18,24)25)7-19-10(14)3/h4-9H,1H2,2-3H3,(H,21,23)(H2,18,24,25)/b11-5+. The fourth-order valence-electron chi connectivity index (χ4n) is 2.42.